The number of hydrogen-bond donors (Lipinski definition) is 0. The summed E-state index contributed by atoms with van der Waals surface area (Å²) in [6.07, 6.45) is 2.08. The maximum atomic E-state index is 12.4. The van der Waals surface area contributed by atoms with Crippen LogP contribution in [0.2, 0.25) is 5.02 Å². The average molecular weight is 322 g/mol. The molecule has 5 heteroatoms. The molecule has 110 valence electrons. The van der Waals surface area contributed by atoms with Gasteiger partial charge in [-0.05, 0) is 42.5 Å². The van der Waals surface area contributed by atoms with E-state index in [4.69, 9.17) is 16.3 Å². The van der Waals surface area contributed by atoms with Gasteiger partial charge in [-0.2, -0.15) is 0 Å². The number of ether oxygens (including phenoxy) is 1. The fourth-order valence-electron chi connectivity index (χ4n) is 2.63. The maximum Gasteiger partial charge on any atom is 0.261 e. The lowest BCUT2D eigenvalue weighted by atomic mass is 10.2. The number of carbonyl (C=O) groups is 1. The van der Waals surface area contributed by atoms with Crippen molar-refractivity contribution >= 4 is 28.8 Å². The van der Waals surface area contributed by atoms with Crippen LogP contribution in [0.4, 0.5) is 0 Å². The molecule has 0 radical (unpaired) electrons. The first-order chi connectivity index (χ1) is 10.2. The van der Waals surface area contributed by atoms with Crippen LogP contribution in [0.15, 0.2) is 41.8 Å². The second-order valence-electron chi connectivity index (χ2n) is 5.01. The number of thiophene rings is 1. The van der Waals surface area contributed by atoms with Crippen LogP contribution >= 0.6 is 22.9 Å². The molecule has 2 heterocycles. The number of carbonyl (C=O) groups excluding carboxylic acids is 1. The van der Waals surface area contributed by atoms with Gasteiger partial charge in [0.15, 0.2) is 6.61 Å². The third-order valence-corrected chi connectivity index (χ3v) is 4.81. The molecule has 3 nitrogen and oxygen atoms in total. The van der Waals surface area contributed by atoms with E-state index in [-0.39, 0.29) is 18.6 Å². The summed E-state index contributed by atoms with van der Waals surface area (Å²) in [5.74, 6) is 0.661. The Morgan fingerprint density at radius 1 is 1.38 bits per heavy atom. The Bertz CT molecular complexity index is 614. The molecule has 1 saturated heterocycles. The zero-order valence-corrected chi connectivity index (χ0v) is 13.1. The van der Waals surface area contributed by atoms with Crippen molar-refractivity contribution in [2.75, 3.05) is 13.2 Å². The van der Waals surface area contributed by atoms with Crippen molar-refractivity contribution in [2.24, 2.45) is 0 Å². The highest BCUT2D eigenvalue weighted by Gasteiger charge is 2.30. The lowest BCUT2D eigenvalue weighted by molar-refractivity contribution is -0.134. The summed E-state index contributed by atoms with van der Waals surface area (Å²) in [4.78, 5) is 15.6. The molecule has 1 unspecified atom stereocenters. The molecule has 1 aliphatic rings. The molecule has 0 N–H and O–H groups in total. The topological polar surface area (TPSA) is 29.5 Å². The largest absolute Gasteiger partial charge is 0.484 e. The van der Waals surface area contributed by atoms with Gasteiger partial charge in [0.1, 0.15) is 5.75 Å². The van der Waals surface area contributed by atoms with Gasteiger partial charge in [0.25, 0.3) is 5.91 Å². The fourth-order valence-corrected chi connectivity index (χ4v) is 3.68. The third kappa shape index (κ3) is 3.39. The van der Waals surface area contributed by atoms with Crippen LogP contribution in [0.25, 0.3) is 0 Å². The molecule has 0 spiro atoms. The van der Waals surface area contributed by atoms with Crippen LogP contribution in [0.5, 0.6) is 5.75 Å². The highest BCUT2D eigenvalue weighted by molar-refractivity contribution is 7.10. The Morgan fingerprint density at radius 2 is 2.29 bits per heavy atom. The highest BCUT2D eigenvalue weighted by atomic mass is 35.5. The molecule has 0 bridgehead atoms. The highest BCUT2D eigenvalue weighted by Crippen LogP contribution is 2.34. The Labute approximate surface area is 133 Å². The number of amides is 1. The summed E-state index contributed by atoms with van der Waals surface area (Å²) in [5.41, 5.74) is 0. The van der Waals surface area contributed by atoms with Crippen molar-refractivity contribution in [3.63, 3.8) is 0 Å². The number of halogens is 1. The van der Waals surface area contributed by atoms with Crippen molar-refractivity contribution < 1.29 is 9.53 Å². The van der Waals surface area contributed by atoms with Crippen molar-refractivity contribution in [2.45, 2.75) is 18.9 Å². The third-order valence-electron chi connectivity index (χ3n) is 3.60. The van der Waals surface area contributed by atoms with Gasteiger partial charge in [0.05, 0.1) is 6.04 Å². The van der Waals surface area contributed by atoms with E-state index in [1.165, 1.54) is 4.88 Å². The molecule has 1 amide bonds. The molecule has 1 atom stereocenters. The summed E-state index contributed by atoms with van der Waals surface area (Å²) < 4.78 is 5.55. The molecular formula is C16H16ClNO2S. The number of hydrogen-bond acceptors (Lipinski definition) is 3. The SMILES string of the molecule is O=C(COc1cccc(Cl)c1)N1CCCC1c1cccs1. The van der Waals surface area contributed by atoms with Gasteiger partial charge in [-0.3, -0.25) is 4.79 Å². The molecule has 1 aromatic carbocycles. The predicted octanol–water partition coefficient (Wildman–Crippen LogP) is 4.14. The second kappa shape index (κ2) is 6.50. The molecule has 3 rings (SSSR count). The Balaban J connectivity index is 1.62. The van der Waals surface area contributed by atoms with Gasteiger partial charge in [0, 0.05) is 16.4 Å². The van der Waals surface area contributed by atoms with Crippen LogP contribution in [-0.4, -0.2) is 24.0 Å². The summed E-state index contributed by atoms with van der Waals surface area (Å²) in [6.45, 7) is 0.864. The Morgan fingerprint density at radius 3 is 3.05 bits per heavy atom. The van der Waals surface area contributed by atoms with E-state index in [9.17, 15) is 4.79 Å². The predicted molar refractivity (Wildman–Crippen MR) is 85.0 cm³/mol. The normalized spacial score (nSPS) is 18.0. The molecule has 21 heavy (non-hydrogen) atoms. The first-order valence-electron chi connectivity index (χ1n) is 6.95. The summed E-state index contributed by atoms with van der Waals surface area (Å²) in [5, 5.41) is 2.66. The van der Waals surface area contributed by atoms with Gasteiger partial charge >= 0.3 is 0 Å². The van der Waals surface area contributed by atoms with Crippen molar-refractivity contribution in [1.82, 2.24) is 4.90 Å². The zero-order valence-electron chi connectivity index (χ0n) is 11.5. The minimum absolute atomic E-state index is 0.0332. The summed E-state index contributed by atoms with van der Waals surface area (Å²) in [7, 11) is 0. The van der Waals surface area contributed by atoms with Gasteiger partial charge in [0.2, 0.25) is 0 Å². The first-order valence-corrected chi connectivity index (χ1v) is 8.21. The minimum Gasteiger partial charge on any atom is -0.484 e. The van der Waals surface area contributed by atoms with Crippen LogP contribution < -0.4 is 4.74 Å². The van der Waals surface area contributed by atoms with Gasteiger partial charge < -0.3 is 9.64 Å². The average Bonchev–Trinajstić information content (AvgIpc) is 3.14. The minimum atomic E-state index is 0.0332. The van der Waals surface area contributed by atoms with Gasteiger partial charge in [-0.25, -0.2) is 0 Å². The summed E-state index contributed by atoms with van der Waals surface area (Å²) >= 11 is 7.61. The number of nitrogens with zero attached hydrogens (tertiary/aromatic N) is 1. The molecule has 1 aliphatic heterocycles. The standard InChI is InChI=1S/C16H16ClNO2S/c17-12-4-1-5-13(10-12)20-11-16(19)18-8-2-6-14(18)15-7-3-9-21-15/h1,3-5,7,9-10,14H,2,6,8,11H2. The van der Waals surface area contributed by atoms with E-state index in [2.05, 4.69) is 11.4 Å². The van der Waals surface area contributed by atoms with Gasteiger partial charge in [-0.1, -0.05) is 23.7 Å². The lowest BCUT2D eigenvalue weighted by Gasteiger charge is -2.23. The molecule has 0 saturated carbocycles. The number of benzene rings is 1. The maximum absolute atomic E-state index is 12.4. The van der Waals surface area contributed by atoms with Crippen LogP contribution in [-0.2, 0) is 4.79 Å². The van der Waals surface area contributed by atoms with E-state index in [1.54, 1.807) is 29.5 Å². The fraction of sp³-hybridized carbons (Fsp3) is 0.312. The lowest BCUT2D eigenvalue weighted by Crippen LogP contribution is -2.34. The smallest absolute Gasteiger partial charge is 0.261 e. The van der Waals surface area contributed by atoms with E-state index >= 15 is 0 Å². The van der Waals surface area contributed by atoms with Crippen molar-refractivity contribution in [3.8, 4) is 5.75 Å². The van der Waals surface area contributed by atoms with E-state index in [1.807, 2.05) is 17.0 Å². The molecule has 0 aliphatic carbocycles. The number of likely N-dealkylation sites (tertiary alicyclic amines) is 1. The van der Waals surface area contributed by atoms with Gasteiger partial charge in [-0.15, -0.1) is 11.3 Å². The molecular weight excluding hydrogens is 306 g/mol. The summed E-state index contributed by atoms with van der Waals surface area (Å²) in [6, 6.07) is 11.5. The monoisotopic (exact) mass is 321 g/mol. The van der Waals surface area contributed by atoms with Crippen molar-refractivity contribution in [1.29, 1.82) is 0 Å². The number of rotatable bonds is 4. The molecule has 1 aromatic heterocycles. The van der Waals surface area contributed by atoms with Crippen LogP contribution in [0.1, 0.15) is 23.8 Å². The van der Waals surface area contributed by atoms with E-state index in [0.717, 1.165) is 19.4 Å². The quantitative estimate of drug-likeness (QED) is 0.847. The van der Waals surface area contributed by atoms with Crippen LogP contribution in [0.3, 0.4) is 0 Å². The molecule has 2 aromatic rings. The van der Waals surface area contributed by atoms with E-state index in [0.29, 0.717) is 10.8 Å². The first kappa shape index (κ1) is 14.4. The molecule has 1 fully saturated rings. The zero-order chi connectivity index (χ0) is 14.7. The van der Waals surface area contributed by atoms with Crippen molar-refractivity contribution in [3.05, 3.63) is 51.7 Å². The second-order valence-corrected chi connectivity index (χ2v) is 6.42. The Hall–Kier alpha value is -1.52. The Kier molecular flexibility index (Phi) is 4.46. The van der Waals surface area contributed by atoms with Crippen LogP contribution in [0, 0.1) is 0 Å². The van der Waals surface area contributed by atoms with E-state index < -0.39 is 0 Å².